The molecule has 0 aromatic heterocycles. The summed E-state index contributed by atoms with van der Waals surface area (Å²) in [5.41, 5.74) is 0.696. The van der Waals surface area contributed by atoms with E-state index >= 15 is 0 Å². The lowest BCUT2D eigenvalue weighted by Gasteiger charge is -2.06. The molecule has 0 bridgehead atoms. The Hall–Kier alpha value is -0.590. The first-order valence-corrected chi connectivity index (χ1v) is 4.78. The van der Waals surface area contributed by atoms with Crippen LogP contribution in [0.15, 0.2) is 16.6 Å². The van der Waals surface area contributed by atoms with Gasteiger partial charge in [-0.05, 0) is 24.6 Å². The fourth-order valence-corrected chi connectivity index (χ4v) is 1.75. The molecule has 0 saturated carbocycles. The number of rotatable bonds is 1. The number of halogens is 3. The maximum atomic E-state index is 13.4. The molecule has 0 saturated heterocycles. The van der Waals surface area contributed by atoms with E-state index in [1.165, 1.54) is 6.07 Å². The number of hydrogen-bond acceptors (Lipinski definition) is 1. The second-order valence-corrected chi connectivity index (χ2v) is 3.97. The van der Waals surface area contributed by atoms with E-state index in [9.17, 15) is 4.39 Å². The van der Waals surface area contributed by atoms with Gasteiger partial charge in [0, 0.05) is 10.0 Å². The van der Waals surface area contributed by atoms with Gasteiger partial charge in [0.25, 0.3) is 0 Å². The van der Waals surface area contributed by atoms with E-state index in [0.717, 1.165) is 4.47 Å². The first kappa shape index (κ1) is 10.5. The highest BCUT2D eigenvalue weighted by atomic mass is 79.9. The Morgan fingerprint density at radius 3 is 2.77 bits per heavy atom. The number of aryl methyl sites for hydroxylation is 1. The van der Waals surface area contributed by atoms with E-state index in [-0.39, 0.29) is 5.56 Å². The van der Waals surface area contributed by atoms with Crippen molar-refractivity contribution in [1.82, 2.24) is 0 Å². The van der Waals surface area contributed by atoms with E-state index in [4.69, 9.17) is 16.9 Å². The lowest BCUT2D eigenvalue weighted by molar-refractivity contribution is 0.604. The first-order valence-electron chi connectivity index (χ1n) is 3.55. The van der Waals surface area contributed by atoms with Crippen LogP contribution in [0.5, 0.6) is 0 Å². The van der Waals surface area contributed by atoms with Gasteiger partial charge in [0.1, 0.15) is 11.2 Å². The van der Waals surface area contributed by atoms with Gasteiger partial charge in [-0.2, -0.15) is 5.26 Å². The maximum absolute atomic E-state index is 13.4. The summed E-state index contributed by atoms with van der Waals surface area (Å²) in [5.74, 6) is -0.412. The SMILES string of the molecule is Cc1cc(Br)cc(C(Cl)C#N)c1F. The van der Waals surface area contributed by atoms with Crippen LogP contribution in [0.1, 0.15) is 16.5 Å². The highest BCUT2D eigenvalue weighted by Gasteiger charge is 2.14. The molecule has 0 aliphatic rings. The highest BCUT2D eigenvalue weighted by Crippen LogP contribution is 2.27. The summed E-state index contributed by atoms with van der Waals surface area (Å²) in [4.78, 5) is 0. The van der Waals surface area contributed by atoms with Gasteiger partial charge in [0.15, 0.2) is 0 Å². The summed E-state index contributed by atoms with van der Waals surface area (Å²) < 4.78 is 14.1. The van der Waals surface area contributed by atoms with Crippen LogP contribution in [0.25, 0.3) is 0 Å². The monoisotopic (exact) mass is 261 g/mol. The summed E-state index contributed by atoms with van der Waals surface area (Å²) in [7, 11) is 0. The molecule has 0 heterocycles. The Kier molecular flexibility index (Phi) is 3.29. The van der Waals surface area contributed by atoms with Crippen molar-refractivity contribution in [3.8, 4) is 6.07 Å². The van der Waals surface area contributed by atoms with Gasteiger partial charge >= 0.3 is 0 Å². The van der Waals surface area contributed by atoms with Gasteiger partial charge in [0.2, 0.25) is 0 Å². The third kappa shape index (κ3) is 2.20. The molecule has 0 amide bonds. The lowest BCUT2D eigenvalue weighted by atomic mass is 10.1. The fraction of sp³-hybridized carbons (Fsp3) is 0.222. The van der Waals surface area contributed by atoms with Crippen molar-refractivity contribution in [2.45, 2.75) is 12.3 Å². The van der Waals surface area contributed by atoms with E-state index < -0.39 is 11.2 Å². The normalized spacial score (nSPS) is 12.2. The Labute approximate surface area is 89.3 Å². The van der Waals surface area contributed by atoms with E-state index in [2.05, 4.69) is 15.9 Å². The minimum absolute atomic E-state index is 0.219. The molecule has 0 spiro atoms. The number of benzene rings is 1. The molecule has 1 rings (SSSR count). The molecule has 1 unspecified atom stereocenters. The zero-order valence-corrected chi connectivity index (χ0v) is 9.16. The van der Waals surface area contributed by atoms with Gasteiger partial charge in [-0.3, -0.25) is 0 Å². The molecule has 0 radical (unpaired) electrons. The van der Waals surface area contributed by atoms with Crippen molar-refractivity contribution in [1.29, 1.82) is 5.26 Å². The zero-order valence-electron chi connectivity index (χ0n) is 6.81. The summed E-state index contributed by atoms with van der Waals surface area (Å²) in [6, 6.07) is 4.94. The highest BCUT2D eigenvalue weighted by molar-refractivity contribution is 9.10. The molecule has 0 aliphatic heterocycles. The summed E-state index contributed by atoms with van der Waals surface area (Å²) in [6.07, 6.45) is 0. The molecule has 1 aromatic carbocycles. The molecule has 1 nitrogen and oxygen atoms in total. The molecule has 0 N–H and O–H groups in total. The largest absolute Gasteiger partial charge is 0.206 e. The smallest absolute Gasteiger partial charge is 0.148 e. The van der Waals surface area contributed by atoms with Crippen molar-refractivity contribution >= 4 is 27.5 Å². The summed E-state index contributed by atoms with van der Waals surface area (Å²) in [5, 5.41) is 7.60. The van der Waals surface area contributed by atoms with Crippen LogP contribution in [0.3, 0.4) is 0 Å². The molecule has 13 heavy (non-hydrogen) atoms. The van der Waals surface area contributed by atoms with Crippen LogP contribution in [-0.2, 0) is 0 Å². The molecular weight excluding hydrogens is 256 g/mol. The van der Waals surface area contributed by atoms with Gasteiger partial charge in [-0.25, -0.2) is 4.39 Å². The predicted molar refractivity (Wildman–Crippen MR) is 53.0 cm³/mol. The van der Waals surface area contributed by atoms with Crippen LogP contribution in [0.4, 0.5) is 4.39 Å². The van der Waals surface area contributed by atoms with Crippen LogP contribution in [0.2, 0.25) is 0 Å². The van der Waals surface area contributed by atoms with Crippen LogP contribution in [0, 0.1) is 24.1 Å². The van der Waals surface area contributed by atoms with Crippen LogP contribution in [-0.4, -0.2) is 0 Å². The van der Waals surface area contributed by atoms with Gasteiger partial charge in [-0.1, -0.05) is 15.9 Å². The van der Waals surface area contributed by atoms with Crippen molar-refractivity contribution in [2.24, 2.45) is 0 Å². The second-order valence-electron chi connectivity index (χ2n) is 2.62. The van der Waals surface area contributed by atoms with Crippen molar-refractivity contribution < 1.29 is 4.39 Å². The van der Waals surface area contributed by atoms with Gasteiger partial charge in [-0.15, -0.1) is 11.6 Å². The average Bonchev–Trinajstić information content (AvgIpc) is 2.10. The maximum Gasteiger partial charge on any atom is 0.148 e. The van der Waals surface area contributed by atoms with Crippen molar-refractivity contribution in [3.63, 3.8) is 0 Å². The Morgan fingerprint density at radius 1 is 1.62 bits per heavy atom. The molecule has 1 atom stereocenters. The molecular formula is C9H6BrClFN. The number of nitrogens with zero attached hydrogens (tertiary/aromatic N) is 1. The minimum Gasteiger partial charge on any atom is -0.206 e. The number of alkyl halides is 1. The van der Waals surface area contributed by atoms with Crippen molar-refractivity contribution in [2.75, 3.05) is 0 Å². The zero-order chi connectivity index (χ0) is 10.0. The first-order chi connectivity index (χ1) is 6.06. The number of nitriles is 1. The quantitative estimate of drug-likeness (QED) is 0.708. The molecule has 0 aliphatic carbocycles. The van der Waals surface area contributed by atoms with Gasteiger partial charge < -0.3 is 0 Å². The van der Waals surface area contributed by atoms with Crippen molar-refractivity contribution in [3.05, 3.63) is 33.5 Å². The van der Waals surface area contributed by atoms with Crippen LogP contribution >= 0.6 is 27.5 Å². The molecule has 1 aromatic rings. The fourth-order valence-electron chi connectivity index (χ4n) is 1.01. The molecule has 4 heteroatoms. The minimum atomic E-state index is -0.934. The van der Waals surface area contributed by atoms with E-state index in [1.807, 2.05) is 0 Å². The van der Waals surface area contributed by atoms with E-state index in [0.29, 0.717) is 5.56 Å². The second kappa shape index (κ2) is 4.08. The third-order valence-corrected chi connectivity index (χ3v) is 2.42. The van der Waals surface area contributed by atoms with E-state index in [1.54, 1.807) is 19.1 Å². The summed E-state index contributed by atoms with van der Waals surface area (Å²) in [6.45, 7) is 1.63. The Morgan fingerprint density at radius 2 is 2.23 bits per heavy atom. The predicted octanol–water partition coefficient (Wildman–Crippen LogP) is 3.70. The number of hydrogen-bond donors (Lipinski definition) is 0. The molecule has 68 valence electrons. The van der Waals surface area contributed by atoms with Gasteiger partial charge in [0.05, 0.1) is 6.07 Å². The topological polar surface area (TPSA) is 23.8 Å². The molecule has 0 fully saturated rings. The van der Waals surface area contributed by atoms with Crippen LogP contribution < -0.4 is 0 Å². The average molecular weight is 263 g/mol. The summed E-state index contributed by atoms with van der Waals surface area (Å²) >= 11 is 8.83. The Balaban J connectivity index is 3.30. The lowest BCUT2D eigenvalue weighted by Crippen LogP contribution is -1.95. The Bertz CT molecular complexity index is 373. The standard InChI is InChI=1S/C9H6BrClFN/c1-5-2-6(10)3-7(9(5)12)8(11)4-13/h2-3,8H,1H3. The third-order valence-electron chi connectivity index (χ3n) is 1.63.